The van der Waals surface area contributed by atoms with Crippen LogP contribution < -0.4 is 10.1 Å². The van der Waals surface area contributed by atoms with Crippen LogP contribution in [0.4, 0.5) is 0 Å². The van der Waals surface area contributed by atoms with Crippen molar-refractivity contribution in [1.82, 2.24) is 10.2 Å². The monoisotopic (exact) mass is 476 g/mol. The largest absolute Gasteiger partial charge is 0.427 e. The topological polar surface area (TPSA) is 67.9 Å². The second-order valence-corrected chi connectivity index (χ2v) is 10.6. The summed E-state index contributed by atoms with van der Waals surface area (Å²) in [6.07, 6.45) is 5.35. The van der Waals surface area contributed by atoms with Gasteiger partial charge in [0.1, 0.15) is 5.75 Å². The van der Waals surface area contributed by atoms with E-state index >= 15 is 0 Å². The van der Waals surface area contributed by atoms with Gasteiger partial charge in [-0.15, -0.1) is 0 Å². The van der Waals surface area contributed by atoms with Gasteiger partial charge in [-0.05, 0) is 74.4 Å². The number of esters is 1. The number of nitrogens with one attached hydrogen (secondary N) is 1. The molecule has 2 aromatic carbocycles. The van der Waals surface area contributed by atoms with E-state index in [-0.39, 0.29) is 29.4 Å². The van der Waals surface area contributed by atoms with Crippen LogP contribution in [0.25, 0.3) is 0 Å². The number of rotatable bonds is 7. The van der Waals surface area contributed by atoms with Crippen molar-refractivity contribution in [2.75, 3.05) is 26.7 Å². The average molecular weight is 477 g/mol. The number of hydrogen-bond acceptors (Lipinski definition) is 5. The van der Waals surface area contributed by atoms with Gasteiger partial charge in [-0.3, -0.25) is 9.59 Å². The standard InChI is InChI=1S/C29H36N2O4/c1-20(32)35-25-10-6-9-23(15-25)29-13-14-31(18-21-11-12-21)19-26(29)27(34-2)16-24(17-29)30-28(33)22-7-4-3-5-8-22/h3-10,15,21,24,26-27H,11-14,16-19H2,1-2H3,(H,30,33)/t24-,26?,27?,29?/m1/s1. The first-order valence-corrected chi connectivity index (χ1v) is 12.9. The summed E-state index contributed by atoms with van der Waals surface area (Å²) in [4.78, 5) is 27.3. The molecule has 4 atom stereocenters. The third kappa shape index (κ3) is 5.29. The molecule has 0 radical (unpaired) electrons. The Bertz CT molecular complexity index is 1050. The molecule has 0 spiro atoms. The van der Waals surface area contributed by atoms with Crippen LogP contribution in [-0.4, -0.2) is 55.7 Å². The van der Waals surface area contributed by atoms with Crippen LogP contribution in [0.5, 0.6) is 5.75 Å². The van der Waals surface area contributed by atoms with Crippen LogP contribution in [0.3, 0.4) is 0 Å². The van der Waals surface area contributed by atoms with Crippen molar-refractivity contribution in [3.05, 3.63) is 65.7 Å². The molecule has 5 rings (SSSR count). The van der Waals surface area contributed by atoms with Gasteiger partial charge in [0.05, 0.1) is 6.10 Å². The zero-order valence-corrected chi connectivity index (χ0v) is 20.7. The Labute approximate surface area is 208 Å². The summed E-state index contributed by atoms with van der Waals surface area (Å²) in [6.45, 7) is 4.62. The molecule has 1 saturated heterocycles. The Morgan fingerprint density at radius 3 is 2.63 bits per heavy atom. The van der Waals surface area contributed by atoms with Crippen molar-refractivity contribution in [2.24, 2.45) is 11.8 Å². The predicted molar refractivity (Wildman–Crippen MR) is 134 cm³/mol. The molecule has 6 nitrogen and oxygen atoms in total. The highest BCUT2D eigenvalue weighted by Gasteiger charge is 2.53. The number of benzene rings is 2. The van der Waals surface area contributed by atoms with Gasteiger partial charge in [0.25, 0.3) is 5.91 Å². The molecule has 3 unspecified atom stereocenters. The maximum Gasteiger partial charge on any atom is 0.308 e. The average Bonchev–Trinajstić information content (AvgIpc) is 3.68. The van der Waals surface area contributed by atoms with E-state index in [1.54, 1.807) is 7.11 Å². The van der Waals surface area contributed by atoms with Crippen LogP contribution >= 0.6 is 0 Å². The lowest BCUT2D eigenvalue weighted by Crippen LogP contribution is -2.61. The summed E-state index contributed by atoms with van der Waals surface area (Å²) < 4.78 is 11.6. The predicted octanol–water partition coefficient (Wildman–Crippen LogP) is 4.19. The van der Waals surface area contributed by atoms with Gasteiger partial charge >= 0.3 is 5.97 Å². The summed E-state index contributed by atoms with van der Waals surface area (Å²) >= 11 is 0. The molecule has 2 saturated carbocycles. The third-order valence-electron chi connectivity index (χ3n) is 8.17. The molecular formula is C29H36N2O4. The number of carbonyl (C=O) groups is 2. The van der Waals surface area contributed by atoms with Crippen LogP contribution in [0.1, 0.15) is 54.9 Å². The number of piperidine rings is 1. The van der Waals surface area contributed by atoms with Crippen molar-refractivity contribution in [3.63, 3.8) is 0 Å². The molecule has 186 valence electrons. The van der Waals surface area contributed by atoms with Gasteiger partial charge in [0.15, 0.2) is 0 Å². The molecule has 3 fully saturated rings. The fourth-order valence-electron chi connectivity index (χ4n) is 6.35. The van der Waals surface area contributed by atoms with Gasteiger partial charge in [0, 0.05) is 50.1 Å². The van der Waals surface area contributed by atoms with Crippen molar-refractivity contribution in [1.29, 1.82) is 0 Å². The third-order valence-corrected chi connectivity index (χ3v) is 8.17. The summed E-state index contributed by atoms with van der Waals surface area (Å²) in [5.41, 5.74) is 1.69. The molecule has 3 aliphatic rings. The summed E-state index contributed by atoms with van der Waals surface area (Å²) in [5.74, 6) is 1.36. The molecule has 0 aromatic heterocycles. The molecule has 0 bridgehead atoms. The maximum atomic E-state index is 13.0. The van der Waals surface area contributed by atoms with Crippen molar-refractivity contribution in [2.45, 2.75) is 56.6 Å². The lowest BCUT2D eigenvalue weighted by atomic mass is 9.57. The summed E-state index contributed by atoms with van der Waals surface area (Å²) in [7, 11) is 1.80. The molecule has 6 heteroatoms. The van der Waals surface area contributed by atoms with Crippen molar-refractivity contribution < 1.29 is 19.1 Å². The minimum Gasteiger partial charge on any atom is -0.427 e. The normalized spacial score (nSPS) is 28.7. The molecule has 1 N–H and O–H groups in total. The van der Waals surface area contributed by atoms with E-state index in [2.05, 4.69) is 16.3 Å². The Morgan fingerprint density at radius 1 is 1.11 bits per heavy atom. The summed E-state index contributed by atoms with van der Waals surface area (Å²) in [6, 6.07) is 17.4. The Morgan fingerprint density at radius 2 is 1.91 bits per heavy atom. The second kappa shape index (κ2) is 10.1. The second-order valence-electron chi connectivity index (χ2n) is 10.6. The Kier molecular flexibility index (Phi) is 6.94. The molecular weight excluding hydrogens is 440 g/mol. The van der Waals surface area contributed by atoms with Crippen LogP contribution in [0.2, 0.25) is 0 Å². The fourth-order valence-corrected chi connectivity index (χ4v) is 6.35. The number of ether oxygens (including phenoxy) is 2. The van der Waals surface area contributed by atoms with Gasteiger partial charge in [-0.2, -0.15) is 0 Å². The number of nitrogens with zero attached hydrogens (tertiary/aromatic N) is 1. The quantitative estimate of drug-likeness (QED) is 0.480. The molecule has 2 aliphatic carbocycles. The number of amides is 1. The minimum absolute atomic E-state index is 0.00345. The zero-order valence-electron chi connectivity index (χ0n) is 20.7. The molecule has 2 aromatic rings. The lowest BCUT2D eigenvalue weighted by molar-refractivity contribution is -0.131. The molecule has 35 heavy (non-hydrogen) atoms. The van der Waals surface area contributed by atoms with Crippen molar-refractivity contribution in [3.8, 4) is 5.75 Å². The number of fused-ring (bicyclic) bond motifs is 1. The van der Waals surface area contributed by atoms with Gasteiger partial charge < -0.3 is 19.7 Å². The van der Waals surface area contributed by atoms with E-state index < -0.39 is 0 Å². The van der Waals surface area contributed by atoms with E-state index in [0.29, 0.717) is 17.2 Å². The number of methoxy groups -OCH3 is 1. The minimum atomic E-state index is -0.318. The van der Waals surface area contributed by atoms with E-state index in [9.17, 15) is 9.59 Å². The number of carbonyl (C=O) groups excluding carboxylic acids is 2. The highest BCUT2D eigenvalue weighted by Crippen LogP contribution is 2.51. The van der Waals surface area contributed by atoms with Crippen LogP contribution in [0.15, 0.2) is 54.6 Å². The molecule has 1 amide bonds. The van der Waals surface area contributed by atoms with Gasteiger partial charge in [-0.25, -0.2) is 0 Å². The Balaban J connectivity index is 1.46. The highest BCUT2D eigenvalue weighted by atomic mass is 16.5. The molecule has 1 aliphatic heterocycles. The van der Waals surface area contributed by atoms with Crippen LogP contribution in [-0.2, 0) is 14.9 Å². The first-order chi connectivity index (χ1) is 17.0. The fraction of sp³-hybridized carbons (Fsp3) is 0.517. The van der Waals surface area contributed by atoms with Crippen molar-refractivity contribution >= 4 is 11.9 Å². The smallest absolute Gasteiger partial charge is 0.308 e. The highest BCUT2D eigenvalue weighted by molar-refractivity contribution is 5.94. The zero-order chi connectivity index (χ0) is 24.4. The maximum absolute atomic E-state index is 13.0. The Hall–Kier alpha value is -2.70. The van der Waals surface area contributed by atoms with Gasteiger partial charge in [0.2, 0.25) is 0 Å². The summed E-state index contributed by atoms with van der Waals surface area (Å²) in [5, 5.41) is 3.31. The van der Waals surface area contributed by atoms with E-state index in [0.717, 1.165) is 38.3 Å². The van der Waals surface area contributed by atoms with Crippen LogP contribution in [0, 0.1) is 11.8 Å². The van der Waals surface area contributed by atoms with Gasteiger partial charge in [-0.1, -0.05) is 30.3 Å². The first-order valence-electron chi connectivity index (χ1n) is 12.9. The lowest BCUT2D eigenvalue weighted by Gasteiger charge is -2.55. The molecule has 1 heterocycles. The SMILES string of the molecule is COC1C[C@@H](NC(=O)c2ccccc2)CC2(c3cccc(OC(C)=O)c3)CCN(CC3CC3)CC12. The number of hydrogen-bond donors (Lipinski definition) is 1. The van der Waals surface area contributed by atoms with E-state index in [1.807, 2.05) is 48.5 Å². The van der Waals surface area contributed by atoms with E-state index in [1.165, 1.54) is 31.9 Å². The van der Waals surface area contributed by atoms with E-state index in [4.69, 9.17) is 9.47 Å². The first kappa shape index (κ1) is 24.0. The number of likely N-dealkylation sites (tertiary alicyclic amines) is 1.